The summed E-state index contributed by atoms with van der Waals surface area (Å²) in [6.45, 7) is 6.32. The minimum Gasteiger partial charge on any atom is -0.367 e. The third-order valence-electron chi connectivity index (χ3n) is 2.36. The molecule has 0 spiro atoms. The van der Waals surface area contributed by atoms with Crippen LogP contribution in [0.25, 0.3) is 0 Å². The van der Waals surface area contributed by atoms with Crippen molar-refractivity contribution in [2.45, 2.75) is 25.6 Å². The fourth-order valence-electron chi connectivity index (χ4n) is 1.87. The standard InChI is InChI=1S/C9H16N4OS/c1-9(2)5-13(4-7(3-10)14-9)8-12-11-6-15-8/h6-7H,3-5,10H2,1-2H3. The molecule has 0 saturated carbocycles. The molecule has 1 aromatic heterocycles. The highest BCUT2D eigenvalue weighted by Crippen LogP contribution is 2.26. The Hall–Kier alpha value is -0.720. The fourth-order valence-corrected chi connectivity index (χ4v) is 2.44. The summed E-state index contributed by atoms with van der Waals surface area (Å²) in [7, 11) is 0. The minimum atomic E-state index is -0.173. The summed E-state index contributed by atoms with van der Waals surface area (Å²) in [6, 6.07) is 0. The number of nitrogens with two attached hydrogens (primary N) is 1. The normalized spacial score (nSPS) is 25.5. The van der Waals surface area contributed by atoms with E-state index >= 15 is 0 Å². The van der Waals surface area contributed by atoms with Gasteiger partial charge in [0.05, 0.1) is 11.7 Å². The zero-order valence-electron chi connectivity index (χ0n) is 9.01. The molecule has 1 saturated heterocycles. The van der Waals surface area contributed by atoms with Gasteiger partial charge in [0.15, 0.2) is 0 Å². The largest absolute Gasteiger partial charge is 0.367 e. The van der Waals surface area contributed by atoms with E-state index in [1.807, 2.05) is 0 Å². The molecular weight excluding hydrogens is 212 g/mol. The molecule has 0 aliphatic carbocycles. The summed E-state index contributed by atoms with van der Waals surface area (Å²) in [6.07, 6.45) is 0.0812. The summed E-state index contributed by atoms with van der Waals surface area (Å²) in [5.74, 6) is 0. The van der Waals surface area contributed by atoms with Crippen molar-refractivity contribution in [3.63, 3.8) is 0 Å². The molecule has 1 unspecified atom stereocenters. The molecule has 2 heterocycles. The summed E-state index contributed by atoms with van der Waals surface area (Å²) >= 11 is 1.55. The first-order valence-electron chi connectivity index (χ1n) is 5.00. The number of nitrogens with zero attached hydrogens (tertiary/aromatic N) is 3. The van der Waals surface area contributed by atoms with Gasteiger partial charge in [-0.25, -0.2) is 0 Å². The average molecular weight is 228 g/mol. The Bertz CT molecular complexity index is 314. The predicted molar refractivity (Wildman–Crippen MR) is 60.1 cm³/mol. The van der Waals surface area contributed by atoms with Crippen molar-refractivity contribution in [3.8, 4) is 0 Å². The lowest BCUT2D eigenvalue weighted by atomic mass is 10.1. The van der Waals surface area contributed by atoms with Crippen molar-refractivity contribution in [3.05, 3.63) is 5.51 Å². The van der Waals surface area contributed by atoms with Gasteiger partial charge in [0.2, 0.25) is 5.13 Å². The van der Waals surface area contributed by atoms with Crippen LogP contribution in [0.5, 0.6) is 0 Å². The molecule has 0 amide bonds. The van der Waals surface area contributed by atoms with E-state index in [-0.39, 0.29) is 11.7 Å². The second-order valence-electron chi connectivity index (χ2n) is 4.34. The Balaban J connectivity index is 2.13. The van der Waals surface area contributed by atoms with Gasteiger partial charge in [-0.05, 0) is 13.8 Å². The lowest BCUT2D eigenvalue weighted by Gasteiger charge is -2.42. The number of rotatable bonds is 2. The zero-order chi connectivity index (χ0) is 10.9. The maximum Gasteiger partial charge on any atom is 0.208 e. The maximum absolute atomic E-state index is 5.84. The van der Waals surface area contributed by atoms with Gasteiger partial charge in [0.1, 0.15) is 5.51 Å². The number of ether oxygens (including phenoxy) is 1. The number of hydrogen-bond donors (Lipinski definition) is 1. The van der Waals surface area contributed by atoms with Crippen LogP contribution in [0.1, 0.15) is 13.8 Å². The van der Waals surface area contributed by atoms with Gasteiger partial charge in [-0.15, -0.1) is 10.2 Å². The van der Waals surface area contributed by atoms with E-state index in [9.17, 15) is 0 Å². The number of morpholine rings is 1. The molecule has 1 atom stereocenters. The van der Waals surface area contributed by atoms with E-state index in [0.29, 0.717) is 6.54 Å². The van der Waals surface area contributed by atoms with E-state index < -0.39 is 0 Å². The van der Waals surface area contributed by atoms with Gasteiger partial charge in [-0.3, -0.25) is 0 Å². The van der Waals surface area contributed by atoms with E-state index in [2.05, 4.69) is 28.9 Å². The molecule has 5 nitrogen and oxygen atoms in total. The highest BCUT2D eigenvalue weighted by atomic mass is 32.1. The van der Waals surface area contributed by atoms with E-state index in [1.165, 1.54) is 0 Å². The van der Waals surface area contributed by atoms with Gasteiger partial charge >= 0.3 is 0 Å². The molecule has 2 N–H and O–H groups in total. The van der Waals surface area contributed by atoms with Crippen LogP contribution in [0.4, 0.5) is 5.13 Å². The van der Waals surface area contributed by atoms with E-state index in [1.54, 1.807) is 16.8 Å². The van der Waals surface area contributed by atoms with Crippen molar-refractivity contribution in [2.24, 2.45) is 5.73 Å². The van der Waals surface area contributed by atoms with Crippen molar-refractivity contribution in [1.82, 2.24) is 10.2 Å². The van der Waals surface area contributed by atoms with Crippen LogP contribution < -0.4 is 10.6 Å². The Labute approximate surface area is 93.2 Å². The molecule has 84 valence electrons. The SMILES string of the molecule is CC1(C)CN(c2nncs2)CC(CN)O1. The van der Waals surface area contributed by atoms with Crippen molar-refractivity contribution in [1.29, 1.82) is 0 Å². The van der Waals surface area contributed by atoms with Crippen LogP contribution in [-0.4, -0.2) is 41.5 Å². The Morgan fingerprint density at radius 1 is 1.73 bits per heavy atom. The predicted octanol–water partition coefficient (Wildman–Crippen LogP) is 0.481. The molecule has 0 aromatic carbocycles. The highest BCUT2D eigenvalue weighted by molar-refractivity contribution is 7.13. The van der Waals surface area contributed by atoms with Crippen LogP contribution in [0.15, 0.2) is 5.51 Å². The summed E-state index contributed by atoms with van der Waals surface area (Å²) in [5.41, 5.74) is 7.23. The second-order valence-corrected chi connectivity index (χ2v) is 5.15. The van der Waals surface area contributed by atoms with Crippen LogP contribution in [0.2, 0.25) is 0 Å². The van der Waals surface area contributed by atoms with Crippen molar-refractivity contribution >= 4 is 16.5 Å². The quantitative estimate of drug-likeness (QED) is 0.797. The van der Waals surface area contributed by atoms with Crippen LogP contribution in [-0.2, 0) is 4.74 Å². The van der Waals surface area contributed by atoms with Gasteiger partial charge < -0.3 is 15.4 Å². The van der Waals surface area contributed by atoms with Crippen molar-refractivity contribution < 1.29 is 4.74 Å². The molecule has 1 aliphatic rings. The summed E-state index contributed by atoms with van der Waals surface area (Å²) in [4.78, 5) is 2.19. The smallest absolute Gasteiger partial charge is 0.208 e. The third-order valence-corrected chi connectivity index (χ3v) is 3.11. The molecule has 6 heteroatoms. The number of anilines is 1. The van der Waals surface area contributed by atoms with Gasteiger partial charge in [0.25, 0.3) is 0 Å². The molecular formula is C9H16N4OS. The first-order chi connectivity index (χ1) is 7.11. The Kier molecular flexibility index (Phi) is 2.90. The molecule has 1 aromatic rings. The highest BCUT2D eigenvalue weighted by Gasteiger charge is 2.33. The number of aromatic nitrogens is 2. The summed E-state index contributed by atoms with van der Waals surface area (Å²) < 4.78 is 5.84. The average Bonchev–Trinajstić information content (AvgIpc) is 2.68. The van der Waals surface area contributed by atoms with Gasteiger partial charge in [-0.1, -0.05) is 11.3 Å². The lowest BCUT2D eigenvalue weighted by Crippen LogP contribution is -2.54. The molecule has 2 rings (SSSR count). The zero-order valence-corrected chi connectivity index (χ0v) is 9.83. The third kappa shape index (κ3) is 2.45. The van der Waals surface area contributed by atoms with E-state index in [4.69, 9.17) is 10.5 Å². The monoisotopic (exact) mass is 228 g/mol. The van der Waals surface area contributed by atoms with Crippen LogP contribution in [0, 0.1) is 0 Å². The number of hydrogen-bond acceptors (Lipinski definition) is 6. The van der Waals surface area contributed by atoms with Crippen molar-refractivity contribution in [2.75, 3.05) is 24.5 Å². The molecule has 0 radical (unpaired) electrons. The van der Waals surface area contributed by atoms with E-state index in [0.717, 1.165) is 18.2 Å². The summed E-state index contributed by atoms with van der Waals surface area (Å²) in [5, 5.41) is 8.87. The van der Waals surface area contributed by atoms with Gasteiger partial charge in [0, 0.05) is 19.6 Å². The topological polar surface area (TPSA) is 64.3 Å². The lowest BCUT2D eigenvalue weighted by molar-refractivity contribution is -0.0788. The minimum absolute atomic E-state index is 0.0812. The van der Waals surface area contributed by atoms with Crippen LogP contribution >= 0.6 is 11.3 Å². The maximum atomic E-state index is 5.84. The molecule has 1 fully saturated rings. The second kappa shape index (κ2) is 4.03. The van der Waals surface area contributed by atoms with Gasteiger partial charge in [-0.2, -0.15) is 0 Å². The molecule has 0 bridgehead atoms. The first kappa shape index (κ1) is 10.8. The Morgan fingerprint density at radius 3 is 3.13 bits per heavy atom. The fraction of sp³-hybridized carbons (Fsp3) is 0.778. The first-order valence-corrected chi connectivity index (χ1v) is 5.88. The van der Waals surface area contributed by atoms with Crippen LogP contribution in [0.3, 0.4) is 0 Å². The Morgan fingerprint density at radius 2 is 2.53 bits per heavy atom. The molecule has 15 heavy (non-hydrogen) atoms. The molecule has 1 aliphatic heterocycles.